The van der Waals surface area contributed by atoms with Gasteiger partial charge in [-0.05, 0) is 41.8 Å². The van der Waals surface area contributed by atoms with E-state index < -0.39 is 0 Å². The topological polar surface area (TPSA) is 42.0 Å². The number of halogens is 2. The molecular formula is C20H16F2N2O. The zero-order chi connectivity index (χ0) is 17.6. The molecule has 1 N–H and O–H groups in total. The number of carbonyl (C=O) groups excluding carboxylic acids is 1. The van der Waals surface area contributed by atoms with Crippen molar-refractivity contribution in [3.05, 3.63) is 84.2 Å². The van der Waals surface area contributed by atoms with E-state index in [4.69, 9.17) is 0 Å². The van der Waals surface area contributed by atoms with E-state index in [0.717, 1.165) is 0 Å². The van der Waals surface area contributed by atoms with E-state index in [2.05, 4.69) is 10.3 Å². The minimum absolute atomic E-state index is 0.137. The zero-order valence-corrected chi connectivity index (χ0v) is 13.4. The van der Waals surface area contributed by atoms with Crippen LogP contribution < -0.4 is 5.32 Å². The number of amides is 1. The highest BCUT2D eigenvalue weighted by atomic mass is 19.1. The van der Waals surface area contributed by atoms with E-state index in [9.17, 15) is 13.6 Å². The van der Waals surface area contributed by atoms with E-state index in [1.807, 2.05) is 0 Å². The highest BCUT2D eigenvalue weighted by molar-refractivity contribution is 5.95. The molecule has 3 aromatic rings. The number of anilines is 1. The minimum Gasteiger partial charge on any atom is -0.324 e. The summed E-state index contributed by atoms with van der Waals surface area (Å²) in [5.41, 5.74) is 2.31. The summed E-state index contributed by atoms with van der Waals surface area (Å²) in [7, 11) is 0. The van der Waals surface area contributed by atoms with Crippen molar-refractivity contribution >= 4 is 11.6 Å². The first-order chi connectivity index (χ1) is 12.1. The van der Waals surface area contributed by atoms with E-state index in [-0.39, 0.29) is 24.0 Å². The highest BCUT2D eigenvalue weighted by Crippen LogP contribution is 2.27. The van der Waals surface area contributed by atoms with Crippen LogP contribution in [0.5, 0.6) is 0 Å². The first kappa shape index (κ1) is 16.8. The van der Waals surface area contributed by atoms with E-state index in [1.165, 1.54) is 24.4 Å². The Morgan fingerprint density at radius 2 is 1.88 bits per heavy atom. The number of nitrogens with zero attached hydrogens (tertiary/aromatic N) is 1. The van der Waals surface area contributed by atoms with Gasteiger partial charge in [-0.25, -0.2) is 8.78 Å². The van der Waals surface area contributed by atoms with Gasteiger partial charge < -0.3 is 5.32 Å². The molecule has 0 spiro atoms. The molecule has 1 heterocycles. The first-order valence-corrected chi connectivity index (χ1v) is 7.86. The van der Waals surface area contributed by atoms with Gasteiger partial charge >= 0.3 is 0 Å². The maximum absolute atomic E-state index is 13.6. The predicted octanol–water partition coefficient (Wildman–Crippen LogP) is 4.60. The normalized spacial score (nSPS) is 10.5. The number of aromatic nitrogens is 1. The molecule has 0 atom stereocenters. The van der Waals surface area contributed by atoms with Gasteiger partial charge in [0.25, 0.3) is 0 Å². The molecule has 0 saturated carbocycles. The Bertz CT molecular complexity index is 896. The van der Waals surface area contributed by atoms with Crippen LogP contribution in [-0.2, 0) is 11.2 Å². The van der Waals surface area contributed by atoms with Crippen LogP contribution in [0, 0.1) is 11.6 Å². The van der Waals surface area contributed by atoms with Gasteiger partial charge in [-0.2, -0.15) is 0 Å². The third-order valence-electron chi connectivity index (χ3n) is 3.81. The van der Waals surface area contributed by atoms with E-state index in [0.29, 0.717) is 28.8 Å². The number of carbonyl (C=O) groups is 1. The van der Waals surface area contributed by atoms with Crippen molar-refractivity contribution < 1.29 is 13.6 Å². The van der Waals surface area contributed by atoms with Crippen molar-refractivity contribution in [1.29, 1.82) is 0 Å². The van der Waals surface area contributed by atoms with Gasteiger partial charge in [0.2, 0.25) is 5.91 Å². The second-order valence-electron chi connectivity index (χ2n) is 5.57. The molecule has 0 fully saturated rings. The Morgan fingerprint density at radius 3 is 2.68 bits per heavy atom. The van der Waals surface area contributed by atoms with Crippen LogP contribution in [0.4, 0.5) is 14.5 Å². The van der Waals surface area contributed by atoms with Crippen molar-refractivity contribution in [2.75, 3.05) is 5.32 Å². The summed E-state index contributed by atoms with van der Waals surface area (Å²) in [4.78, 5) is 16.2. The third kappa shape index (κ3) is 4.26. The fourth-order valence-electron chi connectivity index (χ4n) is 2.56. The molecule has 0 bridgehead atoms. The second kappa shape index (κ2) is 7.66. The quantitative estimate of drug-likeness (QED) is 0.739. The van der Waals surface area contributed by atoms with E-state index >= 15 is 0 Å². The summed E-state index contributed by atoms with van der Waals surface area (Å²) in [5.74, 6) is -0.933. The summed E-state index contributed by atoms with van der Waals surface area (Å²) < 4.78 is 27.1. The standard InChI is InChI=1S/C20H16F2N2O/c21-16-6-3-5-15(12-16)17-10-11-23-13-19(17)24-20(25)9-8-14-4-1-2-7-18(14)22/h1-7,10-13H,8-9H2,(H,24,25). The molecule has 0 aliphatic carbocycles. The zero-order valence-electron chi connectivity index (χ0n) is 13.4. The molecule has 1 aromatic heterocycles. The summed E-state index contributed by atoms with van der Waals surface area (Å²) in [6.45, 7) is 0. The lowest BCUT2D eigenvalue weighted by Crippen LogP contribution is -2.13. The van der Waals surface area contributed by atoms with Crippen LogP contribution in [0.2, 0.25) is 0 Å². The van der Waals surface area contributed by atoms with Crippen LogP contribution in [0.15, 0.2) is 67.0 Å². The van der Waals surface area contributed by atoms with Crippen LogP contribution in [-0.4, -0.2) is 10.9 Å². The molecule has 0 unspecified atom stereocenters. The van der Waals surface area contributed by atoms with Crippen molar-refractivity contribution in [3.8, 4) is 11.1 Å². The molecule has 3 nitrogen and oxygen atoms in total. The van der Waals surface area contributed by atoms with Gasteiger partial charge in [-0.15, -0.1) is 0 Å². The minimum atomic E-state index is -0.355. The molecule has 126 valence electrons. The monoisotopic (exact) mass is 338 g/mol. The summed E-state index contributed by atoms with van der Waals surface area (Å²) in [6.07, 6.45) is 3.53. The van der Waals surface area contributed by atoms with Gasteiger partial charge in [0.15, 0.2) is 0 Å². The number of pyridine rings is 1. The van der Waals surface area contributed by atoms with Crippen LogP contribution >= 0.6 is 0 Å². The molecule has 3 rings (SSSR count). The summed E-state index contributed by atoms with van der Waals surface area (Å²) in [6, 6.07) is 14.2. The number of benzene rings is 2. The Kier molecular flexibility index (Phi) is 5.14. The molecule has 0 radical (unpaired) electrons. The Labute approximate surface area is 144 Å². The third-order valence-corrected chi connectivity index (χ3v) is 3.81. The maximum atomic E-state index is 13.6. The summed E-state index contributed by atoms with van der Waals surface area (Å²) in [5, 5.41) is 2.77. The highest BCUT2D eigenvalue weighted by Gasteiger charge is 2.10. The predicted molar refractivity (Wildman–Crippen MR) is 93.0 cm³/mol. The van der Waals surface area contributed by atoms with Gasteiger partial charge in [0, 0.05) is 18.2 Å². The SMILES string of the molecule is O=C(CCc1ccccc1F)Nc1cnccc1-c1cccc(F)c1. The van der Waals surface area contributed by atoms with Crippen molar-refractivity contribution in [1.82, 2.24) is 4.98 Å². The molecule has 5 heteroatoms. The fourth-order valence-corrected chi connectivity index (χ4v) is 2.56. The lowest BCUT2D eigenvalue weighted by molar-refractivity contribution is -0.116. The van der Waals surface area contributed by atoms with Crippen molar-refractivity contribution in [3.63, 3.8) is 0 Å². The number of hydrogen-bond acceptors (Lipinski definition) is 2. The molecule has 25 heavy (non-hydrogen) atoms. The average Bonchev–Trinajstić information content (AvgIpc) is 2.61. The van der Waals surface area contributed by atoms with Gasteiger partial charge in [0.1, 0.15) is 11.6 Å². The van der Waals surface area contributed by atoms with Crippen LogP contribution in [0.1, 0.15) is 12.0 Å². The smallest absolute Gasteiger partial charge is 0.224 e. The number of rotatable bonds is 5. The van der Waals surface area contributed by atoms with Crippen LogP contribution in [0.3, 0.4) is 0 Å². The van der Waals surface area contributed by atoms with Crippen LogP contribution in [0.25, 0.3) is 11.1 Å². The molecule has 1 amide bonds. The number of hydrogen-bond donors (Lipinski definition) is 1. The molecule has 2 aromatic carbocycles. The second-order valence-corrected chi connectivity index (χ2v) is 5.57. The molecule has 0 saturated heterocycles. The van der Waals surface area contributed by atoms with Gasteiger partial charge in [-0.3, -0.25) is 9.78 Å². The number of nitrogens with one attached hydrogen (secondary N) is 1. The van der Waals surface area contributed by atoms with Crippen molar-refractivity contribution in [2.45, 2.75) is 12.8 Å². The average molecular weight is 338 g/mol. The Hall–Kier alpha value is -3.08. The Balaban J connectivity index is 1.73. The Morgan fingerprint density at radius 1 is 1.04 bits per heavy atom. The fraction of sp³-hybridized carbons (Fsp3) is 0.100. The first-order valence-electron chi connectivity index (χ1n) is 7.86. The largest absolute Gasteiger partial charge is 0.324 e. The van der Waals surface area contributed by atoms with E-state index in [1.54, 1.807) is 42.6 Å². The molecular weight excluding hydrogens is 322 g/mol. The maximum Gasteiger partial charge on any atom is 0.224 e. The lowest BCUT2D eigenvalue weighted by Gasteiger charge is -2.11. The molecule has 0 aliphatic heterocycles. The van der Waals surface area contributed by atoms with Gasteiger partial charge in [0.05, 0.1) is 11.9 Å². The molecule has 0 aliphatic rings. The van der Waals surface area contributed by atoms with Gasteiger partial charge in [-0.1, -0.05) is 30.3 Å². The number of aryl methyl sites for hydroxylation is 1. The summed E-state index contributed by atoms with van der Waals surface area (Å²) >= 11 is 0. The lowest BCUT2D eigenvalue weighted by atomic mass is 10.0. The van der Waals surface area contributed by atoms with Crippen molar-refractivity contribution in [2.24, 2.45) is 0 Å².